The molecule has 0 unspecified atom stereocenters. The molecular formula is C4H7N5O4. The van der Waals surface area contributed by atoms with Gasteiger partial charge >= 0.3 is 16.9 Å². The van der Waals surface area contributed by atoms with Gasteiger partial charge in [0.25, 0.3) is 0 Å². The fourth-order valence-electron chi connectivity index (χ4n) is 0.538. The Balaban J connectivity index is 0.000000671. The van der Waals surface area contributed by atoms with Crippen LogP contribution < -0.4 is 22.9 Å². The van der Waals surface area contributed by atoms with Crippen molar-refractivity contribution < 1.29 is 4.92 Å². The van der Waals surface area contributed by atoms with E-state index < -0.39 is 21.9 Å². The lowest BCUT2D eigenvalue weighted by Gasteiger charge is -1.85. The number of nitrogens with one attached hydrogen (secondary N) is 2. The summed E-state index contributed by atoms with van der Waals surface area (Å²) < 4.78 is 0. The van der Waals surface area contributed by atoms with Gasteiger partial charge < -0.3 is 4.98 Å². The fraction of sp³-hybridized carbons (Fsp3) is 0. The van der Waals surface area contributed by atoms with Gasteiger partial charge in [-0.25, -0.2) is 4.79 Å². The topological polar surface area (TPSA) is 161 Å². The first-order chi connectivity index (χ1) is 6.11. The minimum Gasteiger partial charge on any atom is -0.307 e. The molecule has 0 aliphatic heterocycles. The maximum atomic E-state index is 10.6. The van der Waals surface area contributed by atoms with Gasteiger partial charge in [0.05, 0.1) is 11.1 Å². The fourth-order valence-corrected chi connectivity index (χ4v) is 0.538. The van der Waals surface area contributed by atoms with Crippen LogP contribution in [0.25, 0.3) is 0 Å². The van der Waals surface area contributed by atoms with Gasteiger partial charge in [0.2, 0.25) is 0 Å². The molecular weight excluding hydrogens is 182 g/mol. The normalized spacial score (nSPS) is 8.46. The van der Waals surface area contributed by atoms with Gasteiger partial charge in [-0.05, 0) is 0 Å². The van der Waals surface area contributed by atoms with Crippen LogP contribution in [-0.4, -0.2) is 14.9 Å². The Hall–Kier alpha value is -2.00. The lowest BCUT2D eigenvalue weighted by Crippen LogP contribution is -2.23. The molecule has 0 bridgehead atoms. The molecule has 6 N–H and O–H groups in total. The van der Waals surface area contributed by atoms with E-state index in [1.54, 1.807) is 4.98 Å². The van der Waals surface area contributed by atoms with Gasteiger partial charge in [0.1, 0.15) is 0 Å². The average molecular weight is 189 g/mol. The predicted molar refractivity (Wildman–Crippen MR) is 42.7 cm³/mol. The molecule has 1 aromatic rings. The number of nitro groups is 1. The van der Waals surface area contributed by atoms with E-state index in [2.05, 4.69) is 11.7 Å². The first-order valence-corrected chi connectivity index (χ1v) is 2.91. The molecule has 0 saturated carbocycles. The number of nitrogens with two attached hydrogens (primary N) is 2. The molecule has 9 nitrogen and oxygen atoms in total. The number of hydrazine groups is 1. The summed E-state index contributed by atoms with van der Waals surface area (Å²) in [5.41, 5.74) is -2.44. The van der Waals surface area contributed by atoms with E-state index >= 15 is 0 Å². The SMILES string of the molecule is NN.O=c1[nH]cc([N+](=O)[O-])c(=O)[nH]1. The number of nitrogens with zero attached hydrogens (tertiary/aromatic N) is 1. The summed E-state index contributed by atoms with van der Waals surface area (Å²) in [5.74, 6) is 8.00. The zero-order chi connectivity index (χ0) is 10.4. The standard InChI is InChI=1S/C4H3N3O4.H4N2/c8-3-2(7(10)11)1-5-4(9)6-3;1-2/h1H,(H2,5,6,8,9);1-2H2. The van der Waals surface area contributed by atoms with Crippen molar-refractivity contribution in [3.63, 3.8) is 0 Å². The Labute approximate surface area is 70.5 Å². The summed E-state index contributed by atoms with van der Waals surface area (Å²) in [4.78, 5) is 33.7. The van der Waals surface area contributed by atoms with Crippen molar-refractivity contribution in [2.24, 2.45) is 11.7 Å². The summed E-state index contributed by atoms with van der Waals surface area (Å²) in [7, 11) is 0. The van der Waals surface area contributed by atoms with Crippen LogP contribution in [0.3, 0.4) is 0 Å². The number of H-pyrrole nitrogens is 2. The molecule has 1 aromatic heterocycles. The van der Waals surface area contributed by atoms with E-state index in [4.69, 9.17) is 0 Å². The smallest absolute Gasteiger partial charge is 0.307 e. The molecule has 0 fully saturated rings. The van der Waals surface area contributed by atoms with Crippen LogP contribution in [0.1, 0.15) is 0 Å². The van der Waals surface area contributed by atoms with Crippen LogP contribution in [0, 0.1) is 10.1 Å². The second-order valence-electron chi connectivity index (χ2n) is 1.71. The molecule has 72 valence electrons. The third-order valence-electron chi connectivity index (χ3n) is 0.996. The van der Waals surface area contributed by atoms with Crippen molar-refractivity contribution in [1.82, 2.24) is 9.97 Å². The third-order valence-corrected chi connectivity index (χ3v) is 0.996. The number of aromatic nitrogens is 2. The van der Waals surface area contributed by atoms with E-state index in [0.29, 0.717) is 0 Å². The van der Waals surface area contributed by atoms with Gasteiger partial charge in [-0.15, -0.1) is 0 Å². The number of hydrogen-bond donors (Lipinski definition) is 4. The lowest BCUT2D eigenvalue weighted by molar-refractivity contribution is -0.386. The van der Waals surface area contributed by atoms with Crippen LogP contribution in [0.2, 0.25) is 0 Å². The Bertz CT molecular complexity index is 392. The highest BCUT2D eigenvalue weighted by Gasteiger charge is 2.10. The Morgan fingerprint density at radius 2 is 1.92 bits per heavy atom. The molecule has 0 spiro atoms. The molecule has 0 aliphatic carbocycles. The van der Waals surface area contributed by atoms with Crippen LogP contribution in [0.15, 0.2) is 15.8 Å². The number of rotatable bonds is 1. The van der Waals surface area contributed by atoms with E-state index in [1.165, 1.54) is 0 Å². The maximum Gasteiger partial charge on any atom is 0.349 e. The Kier molecular flexibility index (Phi) is 4.06. The van der Waals surface area contributed by atoms with Gasteiger partial charge in [-0.1, -0.05) is 0 Å². The van der Waals surface area contributed by atoms with Crippen molar-refractivity contribution in [3.05, 3.63) is 37.1 Å². The molecule has 0 saturated heterocycles. The van der Waals surface area contributed by atoms with Crippen LogP contribution in [0.4, 0.5) is 5.69 Å². The summed E-state index contributed by atoms with van der Waals surface area (Å²) in [5, 5.41) is 10.00. The van der Waals surface area contributed by atoms with Crippen molar-refractivity contribution in [3.8, 4) is 0 Å². The van der Waals surface area contributed by atoms with Crippen molar-refractivity contribution in [1.29, 1.82) is 0 Å². The van der Waals surface area contributed by atoms with Crippen LogP contribution >= 0.6 is 0 Å². The van der Waals surface area contributed by atoms with Crippen LogP contribution in [-0.2, 0) is 0 Å². The van der Waals surface area contributed by atoms with Crippen LogP contribution in [0.5, 0.6) is 0 Å². The first-order valence-electron chi connectivity index (χ1n) is 2.91. The van der Waals surface area contributed by atoms with Gasteiger partial charge in [0, 0.05) is 0 Å². The minimum absolute atomic E-state index is 0.676. The highest BCUT2D eigenvalue weighted by Crippen LogP contribution is 1.94. The van der Waals surface area contributed by atoms with Crippen molar-refractivity contribution in [2.45, 2.75) is 0 Å². The summed E-state index contributed by atoms with van der Waals surface area (Å²) in [6, 6.07) is 0. The second kappa shape index (κ2) is 4.79. The van der Waals surface area contributed by atoms with Crippen molar-refractivity contribution >= 4 is 5.69 Å². The average Bonchev–Trinajstić information content (AvgIpc) is 2.07. The Morgan fingerprint density at radius 3 is 2.31 bits per heavy atom. The van der Waals surface area contributed by atoms with E-state index in [0.717, 1.165) is 6.20 Å². The number of aromatic amines is 2. The summed E-state index contributed by atoms with van der Waals surface area (Å²) >= 11 is 0. The highest BCUT2D eigenvalue weighted by molar-refractivity contribution is 5.19. The van der Waals surface area contributed by atoms with Gasteiger partial charge in [0.15, 0.2) is 0 Å². The molecule has 9 heteroatoms. The van der Waals surface area contributed by atoms with Gasteiger partial charge in [-0.2, -0.15) is 0 Å². The molecule has 0 radical (unpaired) electrons. The summed E-state index contributed by atoms with van der Waals surface area (Å²) in [6.07, 6.45) is 0.751. The third kappa shape index (κ3) is 2.84. The highest BCUT2D eigenvalue weighted by atomic mass is 16.6. The summed E-state index contributed by atoms with van der Waals surface area (Å²) in [6.45, 7) is 0. The number of hydrogen-bond acceptors (Lipinski definition) is 6. The predicted octanol–water partition coefficient (Wildman–Crippen LogP) is -2.21. The largest absolute Gasteiger partial charge is 0.349 e. The monoisotopic (exact) mass is 189 g/mol. The second-order valence-corrected chi connectivity index (χ2v) is 1.71. The Morgan fingerprint density at radius 1 is 1.38 bits per heavy atom. The zero-order valence-corrected chi connectivity index (χ0v) is 6.31. The molecule has 1 rings (SSSR count). The maximum absolute atomic E-state index is 10.6. The van der Waals surface area contributed by atoms with E-state index in [9.17, 15) is 19.7 Å². The molecule has 13 heavy (non-hydrogen) atoms. The van der Waals surface area contributed by atoms with Gasteiger partial charge in [-0.3, -0.25) is 31.6 Å². The molecule has 0 atom stereocenters. The minimum atomic E-state index is -1.00. The molecule has 0 aromatic carbocycles. The quantitative estimate of drug-likeness (QED) is 0.222. The molecule has 0 amide bonds. The lowest BCUT2D eigenvalue weighted by atomic mass is 10.5. The van der Waals surface area contributed by atoms with E-state index in [1.807, 2.05) is 4.98 Å². The molecule has 1 heterocycles. The van der Waals surface area contributed by atoms with E-state index in [-0.39, 0.29) is 0 Å². The zero-order valence-electron chi connectivity index (χ0n) is 6.31. The molecule has 0 aliphatic rings. The first kappa shape index (κ1) is 11.0. The van der Waals surface area contributed by atoms with Crippen molar-refractivity contribution in [2.75, 3.05) is 0 Å².